The lowest BCUT2D eigenvalue weighted by Crippen LogP contribution is -2.04. The van der Waals surface area contributed by atoms with Crippen molar-refractivity contribution in [1.29, 1.82) is 0 Å². The van der Waals surface area contributed by atoms with Crippen molar-refractivity contribution in [2.75, 3.05) is 6.54 Å². The summed E-state index contributed by atoms with van der Waals surface area (Å²) >= 11 is 0. The van der Waals surface area contributed by atoms with E-state index in [1.165, 1.54) is 17.7 Å². The lowest BCUT2D eigenvalue weighted by atomic mass is 9.99. The first-order valence-corrected chi connectivity index (χ1v) is 6.96. The predicted octanol–water partition coefficient (Wildman–Crippen LogP) is 4.43. The summed E-state index contributed by atoms with van der Waals surface area (Å²) in [6, 6.07) is 13.3. The first kappa shape index (κ1) is 14.1. The van der Waals surface area contributed by atoms with Crippen LogP contribution in [0.1, 0.15) is 23.5 Å². The Morgan fingerprint density at radius 2 is 1.71 bits per heavy atom. The molecule has 0 saturated heterocycles. The van der Waals surface area contributed by atoms with Gasteiger partial charge in [-0.3, -0.25) is 0 Å². The molecule has 0 spiro atoms. The normalized spacial score (nSPS) is 21.3. The molecule has 2 aromatic rings. The molecule has 2 aromatic carbocycles. The summed E-state index contributed by atoms with van der Waals surface area (Å²) in [4.78, 5) is 0. The molecule has 0 bridgehead atoms. The van der Waals surface area contributed by atoms with E-state index >= 15 is 0 Å². The predicted molar refractivity (Wildman–Crippen MR) is 76.8 cm³/mol. The summed E-state index contributed by atoms with van der Waals surface area (Å²) in [5, 5.41) is 0. The highest BCUT2D eigenvalue weighted by Crippen LogP contribution is 2.47. The fourth-order valence-corrected chi connectivity index (χ4v) is 2.72. The zero-order valence-electron chi connectivity index (χ0n) is 11.4. The molecular formula is C17H16F3N. The highest BCUT2D eigenvalue weighted by molar-refractivity contribution is 5.65. The molecule has 21 heavy (non-hydrogen) atoms. The van der Waals surface area contributed by atoms with Gasteiger partial charge in [-0.25, -0.2) is 0 Å². The van der Waals surface area contributed by atoms with Crippen molar-refractivity contribution in [2.45, 2.75) is 18.5 Å². The average Bonchev–Trinajstić information content (AvgIpc) is 3.26. The van der Waals surface area contributed by atoms with Crippen molar-refractivity contribution in [3.8, 4) is 11.1 Å². The minimum atomic E-state index is -4.29. The van der Waals surface area contributed by atoms with Crippen LogP contribution in [-0.4, -0.2) is 6.54 Å². The second-order valence-corrected chi connectivity index (χ2v) is 5.54. The van der Waals surface area contributed by atoms with Crippen LogP contribution in [0.5, 0.6) is 0 Å². The molecule has 1 aliphatic rings. The summed E-state index contributed by atoms with van der Waals surface area (Å²) in [5.41, 5.74) is 8.02. The number of halogens is 3. The molecular weight excluding hydrogens is 275 g/mol. The fraction of sp³-hybridized carbons (Fsp3) is 0.294. The summed E-state index contributed by atoms with van der Waals surface area (Å²) < 4.78 is 37.7. The zero-order chi connectivity index (χ0) is 15.0. The Kier molecular flexibility index (Phi) is 3.49. The Bertz CT molecular complexity index is 631. The Balaban J connectivity index is 1.85. The van der Waals surface area contributed by atoms with E-state index in [1.807, 2.05) is 12.1 Å². The van der Waals surface area contributed by atoms with Gasteiger partial charge in [0.05, 0.1) is 5.56 Å². The number of alkyl halides is 3. The van der Waals surface area contributed by atoms with Crippen molar-refractivity contribution in [1.82, 2.24) is 0 Å². The second kappa shape index (κ2) is 5.19. The van der Waals surface area contributed by atoms with Gasteiger partial charge >= 0.3 is 6.18 Å². The van der Waals surface area contributed by atoms with Gasteiger partial charge in [0.25, 0.3) is 0 Å². The lowest BCUT2D eigenvalue weighted by molar-refractivity contribution is -0.137. The SMILES string of the molecule is NCC1CC1c1cccc(-c2ccc(C(F)(F)F)cc2)c1. The Morgan fingerprint density at radius 3 is 2.29 bits per heavy atom. The summed E-state index contributed by atoms with van der Waals surface area (Å²) in [7, 11) is 0. The highest BCUT2D eigenvalue weighted by atomic mass is 19.4. The number of hydrogen-bond acceptors (Lipinski definition) is 1. The molecule has 3 rings (SSSR count). The van der Waals surface area contributed by atoms with E-state index in [9.17, 15) is 13.2 Å². The van der Waals surface area contributed by atoms with Gasteiger partial charge in [0.1, 0.15) is 0 Å². The first-order valence-electron chi connectivity index (χ1n) is 6.96. The molecule has 2 atom stereocenters. The number of benzene rings is 2. The van der Waals surface area contributed by atoms with Gasteiger partial charge < -0.3 is 5.73 Å². The number of nitrogens with two attached hydrogens (primary N) is 1. The van der Waals surface area contributed by atoms with Gasteiger partial charge in [0, 0.05) is 0 Å². The van der Waals surface area contributed by atoms with Crippen molar-refractivity contribution >= 4 is 0 Å². The summed E-state index contributed by atoms with van der Waals surface area (Å²) in [6.07, 6.45) is -3.18. The van der Waals surface area contributed by atoms with Crippen molar-refractivity contribution < 1.29 is 13.2 Å². The Hall–Kier alpha value is -1.81. The Morgan fingerprint density at radius 1 is 1.00 bits per heavy atom. The third-order valence-electron chi connectivity index (χ3n) is 4.09. The van der Waals surface area contributed by atoms with Crippen LogP contribution in [-0.2, 0) is 6.18 Å². The molecule has 1 nitrogen and oxygen atoms in total. The van der Waals surface area contributed by atoms with Gasteiger partial charge in [0.15, 0.2) is 0 Å². The smallest absolute Gasteiger partial charge is 0.330 e. The van der Waals surface area contributed by atoms with Crippen LogP contribution in [0.4, 0.5) is 13.2 Å². The van der Waals surface area contributed by atoms with Gasteiger partial charge in [0.2, 0.25) is 0 Å². The van der Waals surface area contributed by atoms with Crippen LogP contribution < -0.4 is 5.73 Å². The molecule has 0 radical (unpaired) electrons. The molecule has 0 aromatic heterocycles. The van der Waals surface area contributed by atoms with E-state index in [2.05, 4.69) is 12.1 Å². The Labute approximate surface area is 121 Å². The molecule has 2 unspecified atom stereocenters. The maximum Gasteiger partial charge on any atom is 0.416 e. The topological polar surface area (TPSA) is 26.0 Å². The van der Waals surface area contributed by atoms with Crippen LogP contribution in [0.15, 0.2) is 48.5 Å². The van der Waals surface area contributed by atoms with Crippen LogP contribution in [0.25, 0.3) is 11.1 Å². The maximum absolute atomic E-state index is 12.6. The summed E-state index contributed by atoms with van der Waals surface area (Å²) in [6.45, 7) is 0.690. The summed E-state index contributed by atoms with van der Waals surface area (Å²) in [5.74, 6) is 1.05. The quantitative estimate of drug-likeness (QED) is 0.889. The minimum absolute atomic E-state index is 0.504. The highest BCUT2D eigenvalue weighted by Gasteiger charge is 2.36. The van der Waals surface area contributed by atoms with Crippen LogP contribution in [0.2, 0.25) is 0 Å². The molecule has 4 heteroatoms. The van der Waals surface area contributed by atoms with Crippen LogP contribution in [0.3, 0.4) is 0 Å². The van der Waals surface area contributed by atoms with Gasteiger partial charge in [-0.15, -0.1) is 0 Å². The second-order valence-electron chi connectivity index (χ2n) is 5.54. The van der Waals surface area contributed by atoms with E-state index in [0.29, 0.717) is 18.4 Å². The number of rotatable bonds is 3. The third-order valence-corrected chi connectivity index (χ3v) is 4.09. The third kappa shape index (κ3) is 2.95. The van der Waals surface area contributed by atoms with E-state index in [4.69, 9.17) is 5.73 Å². The van der Waals surface area contributed by atoms with Gasteiger partial charge in [-0.05, 0) is 53.6 Å². The average molecular weight is 291 g/mol. The van der Waals surface area contributed by atoms with Crippen molar-refractivity contribution in [3.05, 3.63) is 59.7 Å². The number of hydrogen-bond donors (Lipinski definition) is 1. The zero-order valence-corrected chi connectivity index (χ0v) is 11.4. The van der Waals surface area contributed by atoms with E-state index in [1.54, 1.807) is 0 Å². The van der Waals surface area contributed by atoms with Crippen LogP contribution >= 0.6 is 0 Å². The van der Waals surface area contributed by atoms with Crippen molar-refractivity contribution in [2.24, 2.45) is 11.7 Å². The molecule has 110 valence electrons. The van der Waals surface area contributed by atoms with E-state index in [-0.39, 0.29) is 0 Å². The molecule has 0 heterocycles. The standard InChI is InChI=1S/C17H16F3N/c18-17(19,20)15-6-4-11(5-7-15)12-2-1-3-13(8-12)16-9-14(16)10-21/h1-8,14,16H,9-10,21H2. The fourth-order valence-electron chi connectivity index (χ4n) is 2.72. The van der Waals surface area contributed by atoms with Crippen LogP contribution in [0, 0.1) is 5.92 Å². The van der Waals surface area contributed by atoms with E-state index < -0.39 is 11.7 Å². The molecule has 0 amide bonds. The van der Waals surface area contributed by atoms with Gasteiger partial charge in [-0.2, -0.15) is 13.2 Å². The minimum Gasteiger partial charge on any atom is -0.330 e. The monoisotopic (exact) mass is 291 g/mol. The molecule has 0 aliphatic heterocycles. The molecule has 1 saturated carbocycles. The van der Waals surface area contributed by atoms with E-state index in [0.717, 1.165) is 29.7 Å². The van der Waals surface area contributed by atoms with Crippen molar-refractivity contribution in [3.63, 3.8) is 0 Å². The maximum atomic E-state index is 12.6. The molecule has 1 aliphatic carbocycles. The lowest BCUT2D eigenvalue weighted by Gasteiger charge is -2.09. The first-order chi connectivity index (χ1) is 9.99. The largest absolute Gasteiger partial charge is 0.416 e. The molecule has 1 fully saturated rings. The molecule has 2 N–H and O–H groups in total. The van der Waals surface area contributed by atoms with Gasteiger partial charge in [-0.1, -0.05) is 36.4 Å².